The van der Waals surface area contributed by atoms with Crippen LogP contribution in [0.2, 0.25) is 0 Å². The van der Waals surface area contributed by atoms with E-state index in [1.807, 2.05) is 6.07 Å². The number of nitrogens with one attached hydrogen (secondary N) is 2. The van der Waals surface area contributed by atoms with Crippen molar-refractivity contribution in [2.45, 2.75) is 37.4 Å². The molecule has 2 amide bonds. The van der Waals surface area contributed by atoms with Crippen LogP contribution in [0.25, 0.3) is 5.69 Å². The molecule has 1 saturated carbocycles. The van der Waals surface area contributed by atoms with Crippen molar-refractivity contribution in [1.29, 1.82) is 0 Å². The standard InChI is InChI=1S/C18H22N4O5S/c23-15-12-22(13-6-2-1-3-7-13)21-17(15)18(25)20-19-16(24)10-11-28(26,27)14-8-4-5-9-14/h1-3,6-7,12,14,23H,4-5,8-11H2,(H,19,24)(H,20,25). The zero-order chi connectivity index (χ0) is 20.1. The minimum atomic E-state index is -3.31. The number of carbonyl (C=O) groups excluding carboxylic acids is 2. The molecule has 1 aromatic carbocycles. The minimum absolute atomic E-state index is 0.246. The molecule has 1 heterocycles. The molecular formula is C18H22N4O5S. The second-order valence-corrected chi connectivity index (χ2v) is 9.07. The topological polar surface area (TPSA) is 130 Å². The molecular weight excluding hydrogens is 384 g/mol. The number of benzene rings is 1. The summed E-state index contributed by atoms with van der Waals surface area (Å²) in [5, 5.41) is 13.6. The number of hydrazine groups is 1. The van der Waals surface area contributed by atoms with Gasteiger partial charge in [0.05, 0.1) is 22.9 Å². The average Bonchev–Trinajstić information content (AvgIpc) is 3.36. The van der Waals surface area contributed by atoms with Crippen molar-refractivity contribution in [3.63, 3.8) is 0 Å². The van der Waals surface area contributed by atoms with Crippen LogP contribution in [0.5, 0.6) is 5.75 Å². The Morgan fingerprint density at radius 3 is 2.50 bits per heavy atom. The molecule has 1 fully saturated rings. The molecule has 0 bridgehead atoms. The van der Waals surface area contributed by atoms with Crippen molar-refractivity contribution in [3.8, 4) is 11.4 Å². The summed E-state index contributed by atoms with van der Waals surface area (Å²) in [6.07, 6.45) is 4.11. The fraction of sp³-hybridized carbons (Fsp3) is 0.389. The lowest BCUT2D eigenvalue weighted by Crippen LogP contribution is -2.42. The van der Waals surface area contributed by atoms with E-state index in [1.54, 1.807) is 24.3 Å². The Morgan fingerprint density at radius 2 is 1.82 bits per heavy atom. The van der Waals surface area contributed by atoms with E-state index in [0.717, 1.165) is 12.8 Å². The van der Waals surface area contributed by atoms with Crippen LogP contribution in [0.15, 0.2) is 36.5 Å². The summed E-state index contributed by atoms with van der Waals surface area (Å²) < 4.78 is 25.7. The number of sulfone groups is 1. The third-order valence-corrected chi connectivity index (χ3v) is 6.93. The van der Waals surface area contributed by atoms with Crippen LogP contribution in [-0.2, 0) is 14.6 Å². The number of amides is 2. The lowest BCUT2D eigenvalue weighted by molar-refractivity contribution is -0.121. The van der Waals surface area contributed by atoms with Gasteiger partial charge < -0.3 is 5.11 Å². The lowest BCUT2D eigenvalue weighted by atomic mass is 10.3. The van der Waals surface area contributed by atoms with Crippen LogP contribution in [0, 0.1) is 0 Å². The number of aromatic hydroxyl groups is 1. The molecule has 0 aliphatic heterocycles. The van der Waals surface area contributed by atoms with Gasteiger partial charge >= 0.3 is 0 Å². The highest BCUT2D eigenvalue weighted by Gasteiger charge is 2.29. The highest BCUT2D eigenvalue weighted by molar-refractivity contribution is 7.92. The third-order valence-electron chi connectivity index (χ3n) is 4.67. The van der Waals surface area contributed by atoms with Gasteiger partial charge in [-0.1, -0.05) is 31.0 Å². The normalized spacial score (nSPS) is 14.7. The van der Waals surface area contributed by atoms with Crippen molar-refractivity contribution >= 4 is 21.7 Å². The van der Waals surface area contributed by atoms with Crippen molar-refractivity contribution in [2.24, 2.45) is 0 Å². The molecule has 150 valence electrons. The lowest BCUT2D eigenvalue weighted by Gasteiger charge is -2.11. The SMILES string of the molecule is O=C(CCS(=O)(=O)C1CCCC1)NNC(=O)c1nn(-c2ccccc2)cc1O. The number of hydrogen-bond donors (Lipinski definition) is 3. The Balaban J connectivity index is 1.52. The number of aromatic nitrogens is 2. The first-order valence-corrected chi connectivity index (χ1v) is 10.7. The second kappa shape index (κ2) is 8.42. The van der Waals surface area contributed by atoms with Crippen LogP contribution in [0.3, 0.4) is 0 Å². The van der Waals surface area contributed by atoms with E-state index in [9.17, 15) is 23.1 Å². The summed E-state index contributed by atoms with van der Waals surface area (Å²) in [5.74, 6) is -2.04. The average molecular weight is 406 g/mol. The quantitative estimate of drug-likeness (QED) is 0.616. The molecule has 0 spiro atoms. The largest absolute Gasteiger partial charge is 0.504 e. The first kappa shape index (κ1) is 19.9. The molecule has 1 aromatic heterocycles. The number of hydrogen-bond acceptors (Lipinski definition) is 6. The summed E-state index contributed by atoms with van der Waals surface area (Å²) in [7, 11) is -3.31. The van der Waals surface area contributed by atoms with Gasteiger partial charge in [-0.2, -0.15) is 5.10 Å². The first-order chi connectivity index (χ1) is 13.4. The maximum atomic E-state index is 12.2. The second-order valence-electron chi connectivity index (χ2n) is 6.67. The predicted molar refractivity (Wildman–Crippen MR) is 101 cm³/mol. The van der Waals surface area contributed by atoms with Crippen molar-refractivity contribution in [1.82, 2.24) is 20.6 Å². The van der Waals surface area contributed by atoms with E-state index in [1.165, 1.54) is 10.9 Å². The van der Waals surface area contributed by atoms with Crippen LogP contribution in [-0.4, -0.2) is 46.1 Å². The summed E-state index contributed by atoms with van der Waals surface area (Å²) in [4.78, 5) is 24.0. The molecule has 10 heteroatoms. The van der Waals surface area contributed by atoms with Gasteiger partial charge in [0, 0.05) is 6.42 Å². The maximum Gasteiger partial charge on any atom is 0.294 e. The van der Waals surface area contributed by atoms with E-state index >= 15 is 0 Å². The molecule has 0 saturated heterocycles. The van der Waals surface area contributed by atoms with Crippen molar-refractivity contribution in [2.75, 3.05) is 5.75 Å². The number of para-hydroxylation sites is 1. The number of rotatable bonds is 6. The Labute approximate surface area is 162 Å². The van der Waals surface area contributed by atoms with Gasteiger partial charge in [0.25, 0.3) is 5.91 Å². The van der Waals surface area contributed by atoms with Gasteiger partial charge in [-0.3, -0.25) is 20.4 Å². The molecule has 28 heavy (non-hydrogen) atoms. The Kier molecular flexibility index (Phi) is 5.98. The fourth-order valence-electron chi connectivity index (χ4n) is 3.14. The summed E-state index contributed by atoms with van der Waals surface area (Å²) in [6, 6.07) is 8.89. The fourth-order valence-corrected chi connectivity index (χ4v) is 4.99. The molecule has 0 radical (unpaired) electrons. The van der Waals surface area contributed by atoms with E-state index in [-0.39, 0.29) is 28.9 Å². The Bertz CT molecular complexity index is 950. The van der Waals surface area contributed by atoms with Crippen LogP contribution >= 0.6 is 0 Å². The van der Waals surface area contributed by atoms with Gasteiger partial charge in [-0.15, -0.1) is 0 Å². The summed E-state index contributed by atoms with van der Waals surface area (Å²) >= 11 is 0. The van der Waals surface area contributed by atoms with Gasteiger partial charge in [0.2, 0.25) is 5.91 Å². The predicted octanol–water partition coefficient (Wildman–Crippen LogP) is 1.09. The third kappa shape index (κ3) is 4.69. The summed E-state index contributed by atoms with van der Waals surface area (Å²) in [5.41, 5.74) is 4.69. The van der Waals surface area contributed by atoms with Gasteiger partial charge in [0.1, 0.15) is 0 Å². The Morgan fingerprint density at radius 1 is 1.14 bits per heavy atom. The van der Waals surface area contributed by atoms with E-state index < -0.39 is 21.7 Å². The number of carbonyl (C=O) groups is 2. The smallest absolute Gasteiger partial charge is 0.294 e. The Hall–Kier alpha value is -2.88. The first-order valence-electron chi connectivity index (χ1n) is 9.01. The van der Waals surface area contributed by atoms with E-state index in [0.29, 0.717) is 18.5 Å². The van der Waals surface area contributed by atoms with Gasteiger partial charge in [-0.25, -0.2) is 13.1 Å². The molecule has 1 aliphatic carbocycles. The van der Waals surface area contributed by atoms with Crippen LogP contribution < -0.4 is 10.9 Å². The zero-order valence-corrected chi connectivity index (χ0v) is 16.0. The van der Waals surface area contributed by atoms with Crippen molar-refractivity contribution in [3.05, 3.63) is 42.2 Å². The van der Waals surface area contributed by atoms with E-state index in [4.69, 9.17) is 0 Å². The molecule has 0 atom stereocenters. The maximum absolute atomic E-state index is 12.2. The van der Waals surface area contributed by atoms with Crippen molar-refractivity contribution < 1.29 is 23.1 Å². The molecule has 3 N–H and O–H groups in total. The van der Waals surface area contributed by atoms with Gasteiger partial charge in [-0.05, 0) is 25.0 Å². The highest BCUT2D eigenvalue weighted by atomic mass is 32.2. The monoisotopic (exact) mass is 406 g/mol. The van der Waals surface area contributed by atoms with E-state index in [2.05, 4.69) is 16.0 Å². The molecule has 3 rings (SSSR count). The van der Waals surface area contributed by atoms with Crippen LogP contribution in [0.4, 0.5) is 0 Å². The molecule has 0 unspecified atom stereocenters. The minimum Gasteiger partial charge on any atom is -0.504 e. The number of nitrogens with zero attached hydrogens (tertiary/aromatic N) is 2. The van der Waals surface area contributed by atoms with Crippen LogP contribution in [0.1, 0.15) is 42.6 Å². The molecule has 9 nitrogen and oxygen atoms in total. The zero-order valence-electron chi connectivity index (χ0n) is 15.2. The summed E-state index contributed by atoms with van der Waals surface area (Å²) in [6.45, 7) is 0. The molecule has 2 aromatic rings. The molecule has 1 aliphatic rings. The van der Waals surface area contributed by atoms with Gasteiger partial charge in [0.15, 0.2) is 21.3 Å². The highest BCUT2D eigenvalue weighted by Crippen LogP contribution is 2.25.